The highest BCUT2D eigenvalue weighted by molar-refractivity contribution is 7.15. The number of ether oxygens (including phenoxy) is 2. The Labute approximate surface area is 213 Å². The van der Waals surface area contributed by atoms with Crippen LogP contribution in [0.1, 0.15) is 21.1 Å². The van der Waals surface area contributed by atoms with Crippen LogP contribution in [0.15, 0.2) is 36.4 Å². The van der Waals surface area contributed by atoms with E-state index in [0.717, 1.165) is 17.6 Å². The number of hydrogen-bond acceptors (Lipinski definition) is 10. The Morgan fingerprint density at radius 1 is 1.11 bits per heavy atom. The number of benzene rings is 1. The fraction of sp³-hybridized carbons (Fsp3) is 0.250. The number of carbonyl (C=O) groups excluding carboxylic acids is 3. The molecule has 0 bridgehead atoms. The van der Waals surface area contributed by atoms with Gasteiger partial charge >= 0.3 is 5.97 Å². The van der Waals surface area contributed by atoms with E-state index in [-0.39, 0.29) is 35.2 Å². The van der Waals surface area contributed by atoms with E-state index in [1.165, 1.54) is 36.5 Å². The number of fused-ring (bicyclic) bond motifs is 1. The second-order valence-electron chi connectivity index (χ2n) is 8.05. The molecule has 2 aromatic heterocycles. The minimum atomic E-state index is -0.718. The molecule has 184 valence electrons. The van der Waals surface area contributed by atoms with Crippen LogP contribution in [-0.2, 0) is 20.9 Å². The quantitative estimate of drug-likeness (QED) is 0.352. The second-order valence-corrected chi connectivity index (χ2v) is 9.89. The number of allylic oxidation sites excluding steroid dienone is 2. The lowest BCUT2D eigenvalue weighted by molar-refractivity contribution is -0.140. The molecule has 3 aromatic rings. The number of methoxy groups -OCH3 is 2. The number of amides is 2. The number of aryl methyl sites for hydroxylation is 1. The Bertz CT molecular complexity index is 1430. The van der Waals surface area contributed by atoms with Gasteiger partial charge < -0.3 is 9.47 Å². The smallest absolute Gasteiger partial charge is 0.341 e. The molecule has 2 unspecified atom stereocenters. The van der Waals surface area contributed by atoms with Gasteiger partial charge in [-0.3, -0.25) is 14.5 Å². The Hall–Kier alpha value is -3.77. The van der Waals surface area contributed by atoms with Gasteiger partial charge in [0.15, 0.2) is 5.82 Å². The summed E-state index contributed by atoms with van der Waals surface area (Å²) in [6.45, 7) is 1.85. The number of imide groups is 1. The molecule has 1 saturated heterocycles. The fourth-order valence-electron chi connectivity index (χ4n) is 4.15. The van der Waals surface area contributed by atoms with Gasteiger partial charge in [0, 0.05) is 0 Å². The van der Waals surface area contributed by atoms with Crippen molar-refractivity contribution in [2.45, 2.75) is 13.5 Å². The summed E-state index contributed by atoms with van der Waals surface area (Å²) in [7, 11) is 2.57. The number of carbonyl (C=O) groups is 3. The summed E-state index contributed by atoms with van der Waals surface area (Å²) in [5.74, 6) is -2.31. The molecule has 0 saturated carbocycles. The van der Waals surface area contributed by atoms with Crippen molar-refractivity contribution in [3.8, 4) is 27.0 Å². The lowest BCUT2D eigenvalue weighted by Gasteiger charge is -2.11. The van der Waals surface area contributed by atoms with Gasteiger partial charge in [0.25, 0.3) is 0 Å². The molecular weight excluding hydrogens is 507 g/mol. The zero-order valence-electron chi connectivity index (χ0n) is 19.4. The van der Waals surface area contributed by atoms with Crippen LogP contribution < -0.4 is 4.74 Å². The van der Waals surface area contributed by atoms with Crippen LogP contribution in [0.3, 0.4) is 0 Å². The number of halogens is 1. The Morgan fingerprint density at radius 2 is 1.81 bits per heavy atom. The lowest BCUT2D eigenvalue weighted by Crippen LogP contribution is -2.30. The Balaban J connectivity index is 1.41. The molecule has 1 aliphatic heterocycles. The highest BCUT2D eigenvalue weighted by atomic mass is 32.1. The number of nitrogens with zero attached hydrogens (tertiary/aromatic N) is 4. The van der Waals surface area contributed by atoms with Crippen LogP contribution in [0.2, 0.25) is 0 Å². The van der Waals surface area contributed by atoms with Gasteiger partial charge in [-0.2, -0.15) is 4.37 Å². The van der Waals surface area contributed by atoms with E-state index in [0.29, 0.717) is 26.4 Å². The zero-order chi connectivity index (χ0) is 25.6. The minimum Gasteiger partial charge on any atom is -0.496 e. The van der Waals surface area contributed by atoms with E-state index in [1.54, 1.807) is 31.2 Å². The normalized spacial score (nSPS) is 18.6. The number of thiazole rings is 1. The first-order chi connectivity index (χ1) is 17.3. The Morgan fingerprint density at radius 3 is 2.44 bits per heavy atom. The van der Waals surface area contributed by atoms with Gasteiger partial charge in [-0.1, -0.05) is 24.3 Å². The average molecular weight is 527 g/mol. The SMILES string of the molecule is COC(=O)c1cc(F)c(-c2nc(-c3sc(CN4C(=O)C5C=CC=CC5C4=O)nc3C)ns2)cc1OC. The summed E-state index contributed by atoms with van der Waals surface area (Å²) >= 11 is 2.26. The van der Waals surface area contributed by atoms with E-state index in [1.807, 2.05) is 0 Å². The molecule has 0 spiro atoms. The summed E-state index contributed by atoms with van der Waals surface area (Å²) in [5.41, 5.74) is 0.725. The van der Waals surface area contributed by atoms with Crippen molar-refractivity contribution in [1.82, 2.24) is 19.2 Å². The van der Waals surface area contributed by atoms with Gasteiger partial charge in [0.05, 0.1) is 48.7 Å². The predicted molar refractivity (Wildman–Crippen MR) is 130 cm³/mol. The minimum absolute atomic E-state index is 0.0363. The number of rotatable bonds is 6. The van der Waals surface area contributed by atoms with Gasteiger partial charge in [0.2, 0.25) is 11.8 Å². The summed E-state index contributed by atoms with van der Waals surface area (Å²) in [4.78, 5) is 48.3. The third kappa shape index (κ3) is 4.01. The van der Waals surface area contributed by atoms with Crippen LogP contribution in [0.5, 0.6) is 5.75 Å². The largest absolute Gasteiger partial charge is 0.496 e. The van der Waals surface area contributed by atoms with Crippen LogP contribution in [-0.4, -0.2) is 51.2 Å². The molecule has 2 aliphatic rings. The summed E-state index contributed by atoms with van der Waals surface area (Å²) in [6, 6.07) is 2.42. The molecule has 9 nitrogen and oxygen atoms in total. The van der Waals surface area contributed by atoms with E-state index >= 15 is 0 Å². The topological polar surface area (TPSA) is 112 Å². The number of aromatic nitrogens is 3. The van der Waals surface area contributed by atoms with E-state index in [4.69, 9.17) is 4.74 Å². The van der Waals surface area contributed by atoms with E-state index in [2.05, 4.69) is 19.1 Å². The van der Waals surface area contributed by atoms with Crippen molar-refractivity contribution < 1.29 is 28.2 Å². The van der Waals surface area contributed by atoms with Gasteiger partial charge in [0.1, 0.15) is 27.1 Å². The van der Waals surface area contributed by atoms with Crippen LogP contribution in [0.4, 0.5) is 4.39 Å². The first-order valence-electron chi connectivity index (χ1n) is 10.8. The molecule has 1 aromatic carbocycles. The fourth-order valence-corrected chi connectivity index (χ4v) is 5.88. The van der Waals surface area contributed by atoms with Crippen LogP contribution in [0.25, 0.3) is 21.3 Å². The van der Waals surface area contributed by atoms with Crippen molar-refractivity contribution in [2.75, 3.05) is 14.2 Å². The first kappa shape index (κ1) is 23.9. The molecular formula is C24H19FN4O5S2. The van der Waals surface area contributed by atoms with Gasteiger partial charge in [-0.15, -0.1) is 11.3 Å². The zero-order valence-corrected chi connectivity index (χ0v) is 21.0. The van der Waals surface area contributed by atoms with E-state index in [9.17, 15) is 18.8 Å². The summed E-state index contributed by atoms with van der Waals surface area (Å²) in [5, 5.41) is 0.863. The predicted octanol–water partition coefficient (Wildman–Crippen LogP) is 3.80. The monoisotopic (exact) mass is 526 g/mol. The van der Waals surface area contributed by atoms with Gasteiger partial charge in [-0.05, 0) is 30.6 Å². The number of hydrogen-bond donors (Lipinski definition) is 0. The molecule has 12 heteroatoms. The van der Waals surface area contributed by atoms with Crippen molar-refractivity contribution in [1.29, 1.82) is 0 Å². The highest BCUT2D eigenvalue weighted by Gasteiger charge is 2.45. The summed E-state index contributed by atoms with van der Waals surface area (Å²) in [6.07, 6.45) is 7.04. The maximum absolute atomic E-state index is 14.9. The van der Waals surface area contributed by atoms with Crippen LogP contribution in [0, 0.1) is 24.6 Å². The maximum Gasteiger partial charge on any atom is 0.341 e. The third-order valence-electron chi connectivity index (χ3n) is 5.93. The molecule has 1 fully saturated rings. The lowest BCUT2D eigenvalue weighted by atomic mass is 9.91. The average Bonchev–Trinajstić information content (AvgIpc) is 3.57. The number of likely N-dealkylation sites (tertiary alicyclic amines) is 1. The molecule has 2 atom stereocenters. The number of esters is 1. The second kappa shape index (κ2) is 9.36. The van der Waals surface area contributed by atoms with Crippen molar-refractivity contribution in [3.05, 3.63) is 58.5 Å². The third-order valence-corrected chi connectivity index (χ3v) is 7.81. The molecule has 1 aliphatic carbocycles. The molecule has 0 N–H and O–H groups in total. The molecule has 0 radical (unpaired) electrons. The van der Waals surface area contributed by atoms with Crippen LogP contribution >= 0.6 is 22.9 Å². The first-order valence-corrected chi connectivity index (χ1v) is 12.4. The van der Waals surface area contributed by atoms with Gasteiger partial charge in [-0.25, -0.2) is 19.2 Å². The van der Waals surface area contributed by atoms with Crippen molar-refractivity contribution in [3.63, 3.8) is 0 Å². The standard InChI is InChI=1S/C24H19FN4O5S2/c1-11-19(35-18(26-11)10-29-22(30)12-6-4-5-7-13(12)23(29)31)20-27-21(36-28-20)14-9-17(33-2)15(8-16(14)25)24(32)34-3/h4-9,12-13H,10H2,1-3H3. The summed E-state index contributed by atoms with van der Waals surface area (Å²) < 4.78 is 29.1. The molecule has 2 amide bonds. The molecule has 3 heterocycles. The maximum atomic E-state index is 14.9. The highest BCUT2D eigenvalue weighted by Crippen LogP contribution is 2.37. The van der Waals surface area contributed by atoms with Crippen molar-refractivity contribution in [2.24, 2.45) is 11.8 Å². The molecule has 5 rings (SSSR count). The molecule has 36 heavy (non-hydrogen) atoms. The van der Waals surface area contributed by atoms with Crippen molar-refractivity contribution >= 4 is 40.7 Å². The van der Waals surface area contributed by atoms with E-state index < -0.39 is 23.6 Å². The Kier molecular flexibility index (Phi) is 6.22.